The summed E-state index contributed by atoms with van der Waals surface area (Å²) in [5.41, 5.74) is -0.0842. The first-order valence-corrected chi connectivity index (χ1v) is 14.4. The zero-order valence-corrected chi connectivity index (χ0v) is 21.9. The van der Waals surface area contributed by atoms with Crippen LogP contribution in [0.4, 0.5) is 18.9 Å². The number of alkyl halides is 3. The van der Waals surface area contributed by atoms with Crippen LogP contribution in [0.3, 0.4) is 0 Å². The van der Waals surface area contributed by atoms with Crippen LogP contribution in [-0.4, -0.2) is 61.6 Å². The minimum absolute atomic E-state index is 0.0440. The van der Waals surface area contributed by atoms with Crippen molar-refractivity contribution in [3.05, 3.63) is 57.0 Å². The van der Waals surface area contributed by atoms with Crippen molar-refractivity contribution in [1.29, 1.82) is 0 Å². The van der Waals surface area contributed by atoms with Gasteiger partial charge in [0.1, 0.15) is 4.21 Å². The molecule has 2 fully saturated rings. The molecule has 1 amide bonds. The monoisotopic (exact) mass is 575 g/mol. The number of hydrogen-bond donors (Lipinski definition) is 3. The molecule has 1 aromatic carbocycles. The highest BCUT2D eigenvalue weighted by molar-refractivity contribution is 7.91. The summed E-state index contributed by atoms with van der Waals surface area (Å²) >= 11 is 1.03. The van der Waals surface area contributed by atoms with Crippen molar-refractivity contribution in [2.45, 2.75) is 54.8 Å². The molecule has 38 heavy (non-hydrogen) atoms. The van der Waals surface area contributed by atoms with Gasteiger partial charge in [-0.1, -0.05) is 6.07 Å². The van der Waals surface area contributed by atoms with Gasteiger partial charge in [0.15, 0.2) is 0 Å². The molecular weight excluding hydrogens is 547 g/mol. The zero-order valence-electron chi connectivity index (χ0n) is 20.2. The lowest BCUT2D eigenvalue weighted by molar-refractivity contribution is -0.384. The quantitative estimate of drug-likeness (QED) is 0.325. The van der Waals surface area contributed by atoms with Crippen molar-refractivity contribution < 1.29 is 31.3 Å². The predicted molar refractivity (Wildman–Crippen MR) is 134 cm³/mol. The van der Waals surface area contributed by atoms with Crippen LogP contribution < -0.4 is 16.0 Å². The molecule has 0 saturated carbocycles. The van der Waals surface area contributed by atoms with Gasteiger partial charge in [-0.05, 0) is 50.4 Å². The van der Waals surface area contributed by atoms with Crippen molar-refractivity contribution in [1.82, 2.24) is 20.3 Å². The molecule has 3 heterocycles. The molecule has 0 spiro atoms. The van der Waals surface area contributed by atoms with Gasteiger partial charge in [-0.2, -0.15) is 17.5 Å². The lowest BCUT2D eigenvalue weighted by Gasteiger charge is -2.37. The molecule has 2 aromatic rings. The third kappa shape index (κ3) is 6.88. The minimum atomic E-state index is -4.22. The average Bonchev–Trinajstić information content (AvgIpc) is 3.37. The van der Waals surface area contributed by atoms with Gasteiger partial charge in [-0.15, -0.1) is 11.3 Å². The molecule has 208 valence electrons. The molecule has 0 bridgehead atoms. The number of rotatable bonds is 8. The molecule has 2 aliphatic rings. The third-order valence-corrected chi connectivity index (χ3v) is 10.2. The van der Waals surface area contributed by atoms with E-state index in [0.29, 0.717) is 17.7 Å². The molecule has 1 aromatic heterocycles. The fraction of sp³-hybridized carbons (Fsp3) is 0.522. The van der Waals surface area contributed by atoms with Crippen LogP contribution in [-0.2, 0) is 16.6 Å². The Hall–Kier alpha value is -2.59. The fourth-order valence-electron chi connectivity index (χ4n) is 4.64. The number of sulfonamides is 1. The Morgan fingerprint density at radius 3 is 2.61 bits per heavy atom. The first kappa shape index (κ1) is 28.4. The Balaban J connectivity index is 1.28. The van der Waals surface area contributed by atoms with Crippen LogP contribution in [0.2, 0.25) is 0 Å². The average molecular weight is 576 g/mol. The molecule has 0 radical (unpaired) electrons. The Labute approximate surface area is 221 Å². The van der Waals surface area contributed by atoms with Gasteiger partial charge in [0, 0.05) is 41.7 Å². The molecule has 3 N–H and O–H groups in total. The number of carbonyl (C=O) groups excluding carboxylic acids is 1. The maximum Gasteiger partial charge on any atom is 0.391 e. The Morgan fingerprint density at radius 2 is 1.92 bits per heavy atom. The van der Waals surface area contributed by atoms with E-state index in [1.165, 1.54) is 28.6 Å². The topological polar surface area (TPSA) is 134 Å². The number of halogens is 3. The zero-order chi connectivity index (χ0) is 27.5. The van der Waals surface area contributed by atoms with E-state index in [4.69, 9.17) is 0 Å². The lowest BCUT2D eigenvalue weighted by atomic mass is 9.94. The second-order valence-electron chi connectivity index (χ2n) is 9.33. The van der Waals surface area contributed by atoms with Crippen LogP contribution in [0.25, 0.3) is 0 Å². The Bertz CT molecular complexity index is 1260. The van der Waals surface area contributed by atoms with Gasteiger partial charge < -0.3 is 10.6 Å². The van der Waals surface area contributed by atoms with Gasteiger partial charge in [0.25, 0.3) is 21.6 Å². The SMILES string of the molecule is O=C(NCc1ccc(S(=O)(=O)N2CCC(NC3CC(C(F)(F)F)CCN3)CC2)s1)c1cccc([N+](=O)[O-])c1. The van der Waals surface area contributed by atoms with Crippen LogP contribution in [0.15, 0.2) is 40.6 Å². The first-order chi connectivity index (χ1) is 17.9. The molecule has 2 aliphatic heterocycles. The number of amides is 1. The summed E-state index contributed by atoms with van der Waals surface area (Å²) in [6.07, 6.45) is -3.71. The predicted octanol–water partition coefficient (Wildman–Crippen LogP) is 3.22. The first-order valence-electron chi connectivity index (χ1n) is 12.1. The van der Waals surface area contributed by atoms with E-state index in [-0.39, 0.29) is 60.5 Å². The summed E-state index contributed by atoms with van der Waals surface area (Å²) in [5, 5.41) is 19.8. The van der Waals surface area contributed by atoms with Crippen molar-refractivity contribution in [3.8, 4) is 0 Å². The molecule has 2 saturated heterocycles. The van der Waals surface area contributed by atoms with Crippen molar-refractivity contribution in [2.24, 2.45) is 5.92 Å². The van der Waals surface area contributed by atoms with Crippen molar-refractivity contribution >= 4 is 33.0 Å². The summed E-state index contributed by atoms with van der Waals surface area (Å²) in [6.45, 7) is 0.820. The molecule has 15 heteroatoms. The highest BCUT2D eigenvalue weighted by Crippen LogP contribution is 2.34. The van der Waals surface area contributed by atoms with Gasteiger partial charge >= 0.3 is 6.18 Å². The molecular formula is C23H28F3N5O5S2. The van der Waals surface area contributed by atoms with Crippen molar-refractivity contribution in [3.63, 3.8) is 0 Å². The number of hydrogen-bond acceptors (Lipinski definition) is 8. The highest BCUT2D eigenvalue weighted by Gasteiger charge is 2.42. The maximum absolute atomic E-state index is 13.1. The largest absolute Gasteiger partial charge is 0.391 e. The van der Waals surface area contributed by atoms with Crippen LogP contribution in [0, 0.1) is 16.0 Å². The van der Waals surface area contributed by atoms with E-state index in [1.54, 1.807) is 6.07 Å². The third-order valence-electron chi connectivity index (χ3n) is 6.73. The van der Waals surface area contributed by atoms with E-state index in [9.17, 15) is 36.5 Å². The number of non-ortho nitro benzene ring substituents is 1. The second-order valence-corrected chi connectivity index (χ2v) is 12.7. The number of thiophene rings is 1. The standard InChI is InChI=1S/C23H28F3N5O5S2/c24-23(25,26)16-6-9-27-20(13-16)29-17-7-10-30(11-8-17)38(35,36)21-5-4-19(37-21)14-28-22(32)15-2-1-3-18(12-15)31(33)34/h1-5,12,16-17,20,27,29H,6-11,13-14H2,(H,28,32). The van der Waals surface area contributed by atoms with E-state index in [1.807, 2.05) is 0 Å². The van der Waals surface area contributed by atoms with Gasteiger partial charge in [0.05, 0.1) is 23.6 Å². The molecule has 10 nitrogen and oxygen atoms in total. The number of piperidine rings is 2. The second kappa shape index (κ2) is 11.7. The fourth-order valence-corrected chi connectivity index (χ4v) is 7.56. The highest BCUT2D eigenvalue weighted by atomic mass is 32.2. The van der Waals surface area contributed by atoms with Crippen molar-refractivity contribution in [2.75, 3.05) is 19.6 Å². The van der Waals surface area contributed by atoms with E-state index in [0.717, 1.165) is 17.4 Å². The summed E-state index contributed by atoms with van der Waals surface area (Å²) in [7, 11) is -3.76. The number of nitrogens with one attached hydrogen (secondary N) is 3. The van der Waals surface area contributed by atoms with E-state index in [2.05, 4.69) is 16.0 Å². The molecule has 0 aliphatic carbocycles. The normalized spacial score (nSPS) is 21.8. The number of nitrogens with zero attached hydrogens (tertiary/aromatic N) is 2. The Kier molecular flexibility index (Phi) is 8.72. The summed E-state index contributed by atoms with van der Waals surface area (Å²) in [5.74, 6) is -1.86. The van der Waals surface area contributed by atoms with E-state index >= 15 is 0 Å². The smallest absolute Gasteiger partial charge is 0.347 e. The van der Waals surface area contributed by atoms with Gasteiger partial charge in [-0.3, -0.25) is 20.2 Å². The summed E-state index contributed by atoms with van der Waals surface area (Å²) < 4.78 is 67.0. The number of benzene rings is 1. The minimum Gasteiger partial charge on any atom is -0.347 e. The maximum atomic E-state index is 13.1. The summed E-state index contributed by atoms with van der Waals surface area (Å²) in [4.78, 5) is 23.3. The van der Waals surface area contributed by atoms with Gasteiger partial charge in [-0.25, -0.2) is 8.42 Å². The Morgan fingerprint density at radius 1 is 1.18 bits per heavy atom. The van der Waals surface area contributed by atoms with Crippen LogP contribution in [0.5, 0.6) is 0 Å². The molecule has 4 rings (SSSR count). The summed E-state index contributed by atoms with van der Waals surface area (Å²) in [6, 6.07) is 8.29. The molecule has 2 atom stereocenters. The van der Waals surface area contributed by atoms with E-state index < -0.39 is 39.1 Å². The number of nitro benzene ring substituents is 1. The molecule has 2 unspecified atom stereocenters. The van der Waals surface area contributed by atoms with Crippen LogP contribution in [0.1, 0.15) is 40.9 Å². The van der Waals surface area contributed by atoms with Gasteiger partial charge in [0.2, 0.25) is 0 Å². The number of nitro groups is 1. The lowest BCUT2D eigenvalue weighted by Crippen LogP contribution is -2.55. The number of carbonyl (C=O) groups is 1. The van der Waals surface area contributed by atoms with Crippen LogP contribution >= 0.6 is 11.3 Å².